The Labute approximate surface area is 203 Å². The normalized spacial score (nSPS) is 30.4. The summed E-state index contributed by atoms with van der Waals surface area (Å²) in [6, 6.07) is 5.36. The highest BCUT2D eigenvalue weighted by Crippen LogP contribution is 2.65. The van der Waals surface area contributed by atoms with E-state index in [1.807, 2.05) is 11.9 Å². The van der Waals surface area contributed by atoms with E-state index in [0.29, 0.717) is 29.0 Å². The second kappa shape index (κ2) is 7.17. The third-order valence-corrected chi connectivity index (χ3v) is 8.54. The molecule has 8 nitrogen and oxygen atoms in total. The third kappa shape index (κ3) is 3.12. The smallest absolute Gasteiger partial charge is 0.251 e. The van der Waals surface area contributed by atoms with Crippen LogP contribution in [0.4, 0.5) is 27.5 Å². The van der Waals surface area contributed by atoms with Crippen LogP contribution in [-0.4, -0.2) is 28.5 Å². The van der Waals surface area contributed by atoms with Crippen molar-refractivity contribution in [3.63, 3.8) is 0 Å². The van der Waals surface area contributed by atoms with Gasteiger partial charge in [-0.15, -0.1) is 0 Å². The summed E-state index contributed by atoms with van der Waals surface area (Å²) in [5, 5.41) is 13.2. The number of carbonyl (C=O) groups excluding carboxylic acids is 1. The molecule has 1 aromatic heterocycles. The van der Waals surface area contributed by atoms with Crippen LogP contribution in [0.15, 0.2) is 30.7 Å². The van der Waals surface area contributed by atoms with Gasteiger partial charge in [-0.1, -0.05) is 6.58 Å². The predicted octanol–water partition coefficient (Wildman–Crippen LogP) is 4.36. The Morgan fingerprint density at radius 3 is 2.69 bits per heavy atom. The first-order valence-electron chi connectivity index (χ1n) is 12.0. The highest BCUT2D eigenvalue weighted by atomic mass is 19.1. The lowest BCUT2D eigenvalue weighted by atomic mass is 9.47. The average molecular weight is 474 g/mol. The van der Waals surface area contributed by atoms with Crippen LogP contribution in [0.2, 0.25) is 0 Å². The Morgan fingerprint density at radius 1 is 1.31 bits per heavy atom. The standard InChI is InChI=1S/C26H28FN7O/c1-14-4-18(22(29)35)19(27)6-20(14)31-24-30-11-21-23(32-24)34(15(2)33(21)3)26-9-16-5-17(10-26)8-25(7-16,12-26)13-28/h4,6,11,16-17H,2,5,7-10,12H2,1,3H3,(H2,29,35)(H,30,31,32). The highest BCUT2D eigenvalue weighted by molar-refractivity contribution is 5.94. The minimum absolute atomic E-state index is 0.153. The maximum absolute atomic E-state index is 14.4. The quantitative estimate of drug-likeness (QED) is 0.679. The van der Waals surface area contributed by atoms with E-state index < -0.39 is 11.7 Å². The molecule has 5 aliphatic rings. The molecule has 2 unspecified atom stereocenters. The second-order valence-corrected chi connectivity index (χ2v) is 10.9. The first-order valence-corrected chi connectivity index (χ1v) is 12.0. The molecule has 1 amide bonds. The molecule has 4 fully saturated rings. The van der Waals surface area contributed by atoms with E-state index >= 15 is 0 Å². The van der Waals surface area contributed by atoms with Crippen molar-refractivity contribution >= 4 is 29.0 Å². The molecule has 2 atom stereocenters. The van der Waals surface area contributed by atoms with E-state index in [4.69, 9.17) is 10.7 Å². The Balaban J connectivity index is 1.39. The molecule has 4 saturated carbocycles. The van der Waals surface area contributed by atoms with E-state index in [1.165, 1.54) is 18.6 Å². The van der Waals surface area contributed by atoms with E-state index in [-0.39, 0.29) is 16.5 Å². The van der Waals surface area contributed by atoms with Gasteiger partial charge in [-0.05, 0) is 75.0 Å². The molecule has 0 spiro atoms. The summed E-state index contributed by atoms with van der Waals surface area (Å²) >= 11 is 0. The van der Waals surface area contributed by atoms with Gasteiger partial charge in [0, 0.05) is 12.7 Å². The van der Waals surface area contributed by atoms with Crippen molar-refractivity contribution < 1.29 is 9.18 Å². The number of nitriles is 1. The third-order valence-electron chi connectivity index (χ3n) is 8.54. The van der Waals surface area contributed by atoms with Crippen molar-refractivity contribution in [2.45, 2.75) is 51.0 Å². The second-order valence-electron chi connectivity index (χ2n) is 10.9. The zero-order valence-electron chi connectivity index (χ0n) is 19.9. The summed E-state index contributed by atoms with van der Waals surface area (Å²) in [5.41, 5.74) is 6.63. The molecule has 4 bridgehead atoms. The zero-order valence-corrected chi connectivity index (χ0v) is 19.9. The van der Waals surface area contributed by atoms with Gasteiger partial charge in [-0.3, -0.25) is 4.79 Å². The number of hydrogen-bond acceptors (Lipinski definition) is 7. The monoisotopic (exact) mass is 473 g/mol. The number of hydrogen-bond donors (Lipinski definition) is 2. The lowest BCUT2D eigenvalue weighted by molar-refractivity contribution is -0.0370. The number of nitrogens with two attached hydrogens (primary N) is 1. The number of aryl methyl sites for hydroxylation is 1. The maximum atomic E-state index is 14.4. The van der Waals surface area contributed by atoms with Crippen molar-refractivity contribution in [1.82, 2.24) is 9.97 Å². The average Bonchev–Trinajstić information content (AvgIpc) is 3.05. The fourth-order valence-electron chi connectivity index (χ4n) is 7.47. The summed E-state index contributed by atoms with van der Waals surface area (Å²) < 4.78 is 14.4. The highest BCUT2D eigenvalue weighted by Gasteiger charge is 2.62. The minimum Gasteiger partial charge on any atom is -0.366 e. The van der Waals surface area contributed by atoms with Gasteiger partial charge >= 0.3 is 0 Å². The zero-order chi connectivity index (χ0) is 24.7. The van der Waals surface area contributed by atoms with Crippen LogP contribution >= 0.6 is 0 Å². The van der Waals surface area contributed by atoms with Crippen LogP contribution in [0.3, 0.4) is 0 Å². The molecular formula is C26H28FN7O. The molecule has 35 heavy (non-hydrogen) atoms. The molecule has 2 aromatic rings. The van der Waals surface area contributed by atoms with Crippen molar-refractivity contribution in [2.24, 2.45) is 23.0 Å². The van der Waals surface area contributed by atoms with Gasteiger partial charge in [0.1, 0.15) is 17.3 Å². The van der Waals surface area contributed by atoms with E-state index in [9.17, 15) is 14.4 Å². The SMILES string of the molecule is C=C1N(C)c2cnc(Nc3cc(F)c(C(N)=O)cc3C)nc2N1C12CC3CC(CC(C#N)(C3)C1)C2. The Hall–Kier alpha value is -3.67. The summed E-state index contributed by atoms with van der Waals surface area (Å²) in [6.07, 6.45) is 7.83. The Bertz CT molecular complexity index is 1320. The molecular weight excluding hydrogens is 445 g/mol. The van der Waals surface area contributed by atoms with E-state index in [2.05, 4.69) is 27.8 Å². The van der Waals surface area contributed by atoms with Crippen LogP contribution < -0.4 is 20.9 Å². The van der Waals surface area contributed by atoms with Crippen molar-refractivity contribution in [1.29, 1.82) is 5.26 Å². The first-order chi connectivity index (χ1) is 16.6. The minimum atomic E-state index is -0.811. The number of carbonyl (C=O) groups is 1. The predicted molar refractivity (Wildman–Crippen MR) is 130 cm³/mol. The number of benzene rings is 1. The number of halogens is 1. The van der Waals surface area contributed by atoms with Gasteiger partial charge in [-0.25, -0.2) is 9.37 Å². The van der Waals surface area contributed by atoms with Crippen molar-refractivity contribution in [3.8, 4) is 6.07 Å². The number of nitrogens with one attached hydrogen (secondary N) is 1. The maximum Gasteiger partial charge on any atom is 0.251 e. The topological polar surface area (TPSA) is 111 Å². The van der Waals surface area contributed by atoms with Gasteiger partial charge in [-0.2, -0.15) is 10.2 Å². The lowest BCUT2D eigenvalue weighted by Gasteiger charge is -2.62. The molecule has 0 radical (unpaired) electrons. The number of aromatic nitrogens is 2. The molecule has 2 heterocycles. The van der Waals surface area contributed by atoms with Crippen LogP contribution in [0.5, 0.6) is 0 Å². The van der Waals surface area contributed by atoms with Gasteiger partial charge in [0.15, 0.2) is 5.82 Å². The lowest BCUT2D eigenvalue weighted by Crippen LogP contribution is -2.63. The van der Waals surface area contributed by atoms with Crippen LogP contribution in [0.1, 0.15) is 54.4 Å². The van der Waals surface area contributed by atoms with E-state index in [0.717, 1.165) is 49.4 Å². The Morgan fingerprint density at radius 2 is 2.03 bits per heavy atom. The number of rotatable bonds is 4. The molecule has 4 aliphatic carbocycles. The number of nitrogens with zero attached hydrogens (tertiary/aromatic N) is 5. The molecule has 0 saturated heterocycles. The summed E-state index contributed by atoms with van der Waals surface area (Å²) in [6.45, 7) is 6.15. The molecule has 3 N–H and O–H groups in total. The molecule has 180 valence electrons. The van der Waals surface area contributed by atoms with Crippen LogP contribution in [-0.2, 0) is 0 Å². The number of amides is 1. The van der Waals surface area contributed by atoms with Crippen LogP contribution in [0.25, 0.3) is 0 Å². The Kier molecular flexibility index (Phi) is 4.47. The van der Waals surface area contributed by atoms with E-state index in [1.54, 1.807) is 13.1 Å². The van der Waals surface area contributed by atoms with Gasteiger partial charge < -0.3 is 20.9 Å². The molecule has 1 aliphatic heterocycles. The van der Waals surface area contributed by atoms with Gasteiger partial charge in [0.05, 0.1) is 28.8 Å². The molecule has 7 rings (SSSR count). The van der Waals surface area contributed by atoms with Gasteiger partial charge in [0.2, 0.25) is 5.95 Å². The van der Waals surface area contributed by atoms with Crippen molar-refractivity contribution in [2.75, 3.05) is 22.2 Å². The number of fused-ring (bicyclic) bond motifs is 1. The summed E-state index contributed by atoms with van der Waals surface area (Å²) in [7, 11) is 1.96. The summed E-state index contributed by atoms with van der Waals surface area (Å²) in [4.78, 5) is 25.1. The number of primary amides is 1. The summed E-state index contributed by atoms with van der Waals surface area (Å²) in [5.74, 6) is 1.52. The fraction of sp³-hybridized carbons (Fsp3) is 0.462. The largest absolute Gasteiger partial charge is 0.366 e. The van der Waals surface area contributed by atoms with Crippen molar-refractivity contribution in [3.05, 3.63) is 47.7 Å². The first kappa shape index (κ1) is 21.8. The fourth-order valence-corrected chi connectivity index (χ4v) is 7.47. The molecule has 1 aromatic carbocycles. The molecule has 9 heteroatoms. The number of anilines is 4. The van der Waals surface area contributed by atoms with Crippen LogP contribution in [0, 0.1) is 41.3 Å². The van der Waals surface area contributed by atoms with Gasteiger partial charge in [0.25, 0.3) is 5.91 Å².